The number of carbonyl (C=O) groups excluding carboxylic acids is 1. The summed E-state index contributed by atoms with van der Waals surface area (Å²) in [6, 6.07) is 3.42. The molecule has 0 bridgehead atoms. The molecule has 2 rings (SSSR count). The van der Waals surface area contributed by atoms with Gasteiger partial charge < -0.3 is 5.32 Å². The fourth-order valence-electron chi connectivity index (χ4n) is 2.27. The largest absolute Gasteiger partial charge is 0.345 e. The summed E-state index contributed by atoms with van der Waals surface area (Å²) < 4.78 is 1.83. The molecular formula is C14H18N4O. The van der Waals surface area contributed by atoms with E-state index < -0.39 is 0 Å². The number of hydrogen-bond acceptors (Lipinski definition) is 3. The van der Waals surface area contributed by atoms with Gasteiger partial charge in [0.1, 0.15) is 0 Å². The minimum absolute atomic E-state index is 0.0820. The van der Waals surface area contributed by atoms with Crippen LogP contribution in [-0.2, 0) is 7.05 Å². The number of nitrogens with zero attached hydrogens (tertiary/aromatic N) is 3. The second-order valence-electron chi connectivity index (χ2n) is 4.64. The average molecular weight is 258 g/mol. The number of carbonyl (C=O) groups is 1. The molecule has 1 N–H and O–H groups in total. The van der Waals surface area contributed by atoms with Crippen molar-refractivity contribution in [2.45, 2.75) is 26.8 Å². The van der Waals surface area contributed by atoms with Crippen LogP contribution < -0.4 is 5.32 Å². The number of amides is 1. The van der Waals surface area contributed by atoms with Crippen molar-refractivity contribution in [3.8, 4) is 0 Å². The molecule has 0 aromatic carbocycles. The van der Waals surface area contributed by atoms with Gasteiger partial charge >= 0.3 is 0 Å². The molecule has 2 heterocycles. The summed E-state index contributed by atoms with van der Waals surface area (Å²) in [6.45, 7) is 5.92. The minimum atomic E-state index is -0.122. The van der Waals surface area contributed by atoms with E-state index in [0.29, 0.717) is 5.56 Å². The molecule has 2 aromatic rings. The second kappa shape index (κ2) is 5.22. The Bertz CT molecular complexity index is 589. The lowest BCUT2D eigenvalue weighted by Gasteiger charge is -2.14. The van der Waals surface area contributed by atoms with Crippen LogP contribution in [0.4, 0.5) is 0 Å². The summed E-state index contributed by atoms with van der Waals surface area (Å²) in [7, 11) is 1.90. The van der Waals surface area contributed by atoms with Gasteiger partial charge in [-0.05, 0) is 32.9 Å². The summed E-state index contributed by atoms with van der Waals surface area (Å²) >= 11 is 0. The van der Waals surface area contributed by atoms with Crippen LogP contribution in [0.2, 0.25) is 0 Å². The maximum absolute atomic E-state index is 12.1. The van der Waals surface area contributed by atoms with Gasteiger partial charge in [-0.1, -0.05) is 0 Å². The van der Waals surface area contributed by atoms with E-state index in [-0.39, 0.29) is 11.9 Å². The highest BCUT2D eigenvalue weighted by Crippen LogP contribution is 2.20. The molecule has 0 saturated heterocycles. The lowest BCUT2D eigenvalue weighted by molar-refractivity contribution is 0.0939. The molecule has 1 atom stereocenters. The van der Waals surface area contributed by atoms with Crippen molar-refractivity contribution in [2.24, 2.45) is 7.05 Å². The van der Waals surface area contributed by atoms with Crippen LogP contribution in [0.1, 0.15) is 40.3 Å². The van der Waals surface area contributed by atoms with E-state index in [1.807, 2.05) is 32.5 Å². The highest BCUT2D eigenvalue weighted by atomic mass is 16.1. The van der Waals surface area contributed by atoms with Crippen molar-refractivity contribution in [1.29, 1.82) is 0 Å². The molecule has 100 valence electrons. The topological polar surface area (TPSA) is 59.8 Å². The first-order chi connectivity index (χ1) is 9.00. The number of aromatic nitrogens is 3. The Hall–Kier alpha value is -2.17. The highest BCUT2D eigenvalue weighted by Gasteiger charge is 2.18. The van der Waals surface area contributed by atoms with E-state index >= 15 is 0 Å². The SMILES string of the molecule is Cc1nn(C)c(C)c1[C@@H](C)NC(=O)c1cccnc1. The molecule has 0 spiro atoms. The lowest BCUT2D eigenvalue weighted by Crippen LogP contribution is -2.27. The predicted molar refractivity (Wildman–Crippen MR) is 72.8 cm³/mol. The van der Waals surface area contributed by atoms with Crippen molar-refractivity contribution in [3.63, 3.8) is 0 Å². The summed E-state index contributed by atoms with van der Waals surface area (Å²) in [5, 5.41) is 7.34. The number of pyridine rings is 1. The molecule has 5 nitrogen and oxygen atoms in total. The standard InChI is InChI=1S/C14H18N4O/c1-9(13-10(2)17-18(4)11(13)3)16-14(19)12-6-5-7-15-8-12/h5-9H,1-4H3,(H,16,19)/t9-/m1/s1. The molecule has 5 heteroatoms. The van der Waals surface area contributed by atoms with Gasteiger partial charge in [-0.3, -0.25) is 14.5 Å². The van der Waals surface area contributed by atoms with Crippen LogP contribution in [0.25, 0.3) is 0 Å². The third kappa shape index (κ3) is 2.65. The van der Waals surface area contributed by atoms with E-state index in [4.69, 9.17) is 0 Å². The van der Waals surface area contributed by atoms with Gasteiger partial charge in [-0.25, -0.2) is 0 Å². The number of hydrogen-bond donors (Lipinski definition) is 1. The van der Waals surface area contributed by atoms with Crippen LogP contribution in [0.5, 0.6) is 0 Å². The maximum Gasteiger partial charge on any atom is 0.253 e. The molecule has 0 radical (unpaired) electrons. The summed E-state index contributed by atoms with van der Waals surface area (Å²) in [6.07, 6.45) is 3.21. The van der Waals surface area contributed by atoms with E-state index in [2.05, 4.69) is 15.4 Å². The van der Waals surface area contributed by atoms with Crippen LogP contribution in [0.15, 0.2) is 24.5 Å². The zero-order valence-electron chi connectivity index (χ0n) is 11.6. The highest BCUT2D eigenvalue weighted by molar-refractivity contribution is 5.94. The van der Waals surface area contributed by atoms with Gasteiger partial charge in [0.2, 0.25) is 0 Å². The fraction of sp³-hybridized carbons (Fsp3) is 0.357. The van der Waals surface area contributed by atoms with Crippen molar-refractivity contribution < 1.29 is 4.79 Å². The number of aryl methyl sites for hydroxylation is 2. The van der Waals surface area contributed by atoms with Gasteiger partial charge in [0, 0.05) is 30.7 Å². The van der Waals surface area contributed by atoms with E-state index in [1.54, 1.807) is 24.5 Å². The monoisotopic (exact) mass is 258 g/mol. The Labute approximate surface area is 112 Å². The van der Waals surface area contributed by atoms with Crippen LogP contribution >= 0.6 is 0 Å². The molecule has 1 amide bonds. The molecule has 0 aliphatic heterocycles. The van der Waals surface area contributed by atoms with Gasteiger partial charge in [0.15, 0.2) is 0 Å². The number of rotatable bonds is 3. The van der Waals surface area contributed by atoms with E-state index in [0.717, 1.165) is 17.0 Å². The molecule has 19 heavy (non-hydrogen) atoms. The predicted octanol–water partition coefficient (Wildman–Crippen LogP) is 1.92. The molecule has 0 unspecified atom stereocenters. The van der Waals surface area contributed by atoms with Gasteiger partial charge in [0.05, 0.1) is 17.3 Å². The third-order valence-corrected chi connectivity index (χ3v) is 3.27. The maximum atomic E-state index is 12.1. The Morgan fingerprint density at radius 2 is 2.16 bits per heavy atom. The first kappa shape index (κ1) is 13.3. The quantitative estimate of drug-likeness (QED) is 0.915. The first-order valence-corrected chi connectivity index (χ1v) is 6.21. The minimum Gasteiger partial charge on any atom is -0.345 e. The Morgan fingerprint density at radius 3 is 2.68 bits per heavy atom. The summed E-state index contributed by atoms with van der Waals surface area (Å²) in [5.74, 6) is -0.122. The second-order valence-corrected chi connectivity index (χ2v) is 4.64. The molecule has 0 fully saturated rings. The number of nitrogens with one attached hydrogen (secondary N) is 1. The van der Waals surface area contributed by atoms with Crippen LogP contribution in [0, 0.1) is 13.8 Å². The molecule has 0 saturated carbocycles. The third-order valence-electron chi connectivity index (χ3n) is 3.27. The van der Waals surface area contributed by atoms with Crippen molar-refractivity contribution in [3.05, 3.63) is 47.0 Å². The fourth-order valence-corrected chi connectivity index (χ4v) is 2.27. The van der Waals surface area contributed by atoms with Crippen molar-refractivity contribution >= 4 is 5.91 Å². The van der Waals surface area contributed by atoms with E-state index in [9.17, 15) is 4.79 Å². The zero-order valence-corrected chi connectivity index (χ0v) is 11.6. The smallest absolute Gasteiger partial charge is 0.253 e. The Kier molecular flexibility index (Phi) is 3.64. The molecular weight excluding hydrogens is 240 g/mol. The molecule has 0 aliphatic carbocycles. The van der Waals surface area contributed by atoms with Crippen molar-refractivity contribution in [2.75, 3.05) is 0 Å². The van der Waals surface area contributed by atoms with Gasteiger partial charge in [-0.2, -0.15) is 5.10 Å². The Balaban J connectivity index is 2.18. The Morgan fingerprint density at radius 1 is 1.42 bits per heavy atom. The first-order valence-electron chi connectivity index (χ1n) is 6.21. The lowest BCUT2D eigenvalue weighted by atomic mass is 10.1. The van der Waals surface area contributed by atoms with Crippen LogP contribution in [-0.4, -0.2) is 20.7 Å². The summed E-state index contributed by atoms with van der Waals surface area (Å²) in [5.41, 5.74) is 3.64. The van der Waals surface area contributed by atoms with Gasteiger partial charge in [-0.15, -0.1) is 0 Å². The van der Waals surface area contributed by atoms with E-state index in [1.165, 1.54) is 0 Å². The zero-order chi connectivity index (χ0) is 14.0. The normalized spacial score (nSPS) is 12.2. The average Bonchev–Trinajstić information content (AvgIpc) is 2.64. The van der Waals surface area contributed by atoms with Crippen LogP contribution in [0.3, 0.4) is 0 Å². The summed E-state index contributed by atoms with van der Waals surface area (Å²) in [4.78, 5) is 16.0. The molecule has 2 aromatic heterocycles. The molecule has 0 aliphatic rings. The van der Waals surface area contributed by atoms with Crippen molar-refractivity contribution in [1.82, 2.24) is 20.1 Å². The van der Waals surface area contributed by atoms with Gasteiger partial charge in [0.25, 0.3) is 5.91 Å².